The molecule has 5 atom stereocenters. The molecule has 182 valence electrons. The first-order chi connectivity index (χ1) is 15.9. The van der Waals surface area contributed by atoms with Crippen molar-refractivity contribution < 1.29 is 15.0 Å². The van der Waals surface area contributed by atoms with E-state index < -0.39 is 24.3 Å². The number of nitrogens with zero attached hydrogens (tertiary/aromatic N) is 5. The van der Waals surface area contributed by atoms with Gasteiger partial charge in [0.1, 0.15) is 12.2 Å². The summed E-state index contributed by atoms with van der Waals surface area (Å²) in [6.45, 7) is 7.46. The Hall–Kier alpha value is -2.50. The van der Waals surface area contributed by atoms with Gasteiger partial charge in [0.05, 0.1) is 18.4 Å². The molecule has 1 saturated carbocycles. The zero-order valence-corrected chi connectivity index (χ0v) is 19.6. The van der Waals surface area contributed by atoms with Crippen molar-refractivity contribution >= 4 is 28.8 Å². The van der Waals surface area contributed by atoms with E-state index in [1.165, 1.54) is 0 Å². The third-order valence-corrected chi connectivity index (χ3v) is 6.92. The van der Waals surface area contributed by atoms with Crippen LogP contribution < -0.4 is 21.3 Å². The quantitative estimate of drug-likeness (QED) is 0.379. The minimum atomic E-state index is -1.07. The lowest BCUT2D eigenvalue weighted by Crippen LogP contribution is -2.42. The fourth-order valence-electron chi connectivity index (χ4n) is 4.78. The van der Waals surface area contributed by atoms with Gasteiger partial charge in [-0.05, 0) is 25.7 Å². The summed E-state index contributed by atoms with van der Waals surface area (Å²) in [6, 6.07) is -0.680. The van der Waals surface area contributed by atoms with Crippen molar-refractivity contribution in [1.29, 1.82) is 0 Å². The van der Waals surface area contributed by atoms with Crippen LogP contribution in [0.3, 0.4) is 0 Å². The van der Waals surface area contributed by atoms with Gasteiger partial charge in [-0.2, -0.15) is 9.97 Å². The fourth-order valence-corrected chi connectivity index (χ4v) is 4.78. The average Bonchev–Trinajstić information content (AvgIpc) is 3.51. The first kappa shape index (κ1) is 23.7. The van der Waals surface area contributed by atoms with E-state index in [0.29, 0.717) is 42.3 Å². The number of amides is 1. The zero-order chi connectivity index (χ0) is 23.7. The molecule has 4 rings (SSSR count). The van der Waals surface area contributed by atoms with Gasteiger partial charge in [0.2, 0.25) is 11.9 Å². The largest absolute Gasteiger partial charge is 0.388 e. The van der Waals surface area contributed by atoms with Gasteiger partial charge in [-0.25, -0.2) is 4.98 Å². The Balaban J connectivity index is 1.72. The first-order valence-corrected chi connectivity index (χ1v) is 12.0. The molecule has 1 aliphatic heterocycles. The predicted octanol–water partition coefficient (Wildman–Crippen LogP) is 0.526. The molecule has 1 aliphatic carbocycles. The van der Waals surface area contributed by atoms with Crippen LogP contribution in [0.25, 0.3) is 11.2 Å². The van der Waals surface area contributed by atoms with Gasteiger partial charge >= 0.3 is 0 Å². The summed E-state index contributed by atoms with van der Waals surface area (Å²) >= 11 is 0. The van der Waals surface area contributed by atoms with E-state index in [4.69, 9.17) is 15.7 Å². The molecule has 11 heteroatoms. The van der Waals surface area contributed by atoms with E-state index >= 15 is 0 Å². The summed E-state index contributed by atoms with van der Waals surface area (Å²) in [5, 5.41) is 27.7. The number of carbonyl (C=O) groups excluding carboxylic acids is 1. The Bertz CT molecular complexity index is 978. The number of fused-ring (bicyclic) bond motifs is 1. The molecule has 2 fully saturated rings. The van der Waals surface area contributed by atoms with Crippen molar-refractivity contribution in [3.63, 3.8) is 0 Å². The number of aliphatic hydroxyl groups excluding tert-OH is 2. The maximum absolute atomic E-state index is 11.9. The SMILES string of the molecule is CCC(=O)N[C@H]1C[C@@H](n2cnc3c(NC(CC)CC)nc(N4CC[C@@H](N)C4)nc32)[C@H](O)[C@@H]1O. The van der Waals surface area contributed by atoms with Crippen LogP contribution in [0.15, 0.2) is 6.33 Å². The molecule has 33 heavy (non-hydrogen) atoms. The number of rotatable bonds is 8. The average molecular weight is 461 g/mol. The molecule has 0 spiro atoms. The summed E-state index contributed by atoms with van der Waals surface area (Å²) in [6.07, 6.45) is 2.98. The van der Waals surface area contributed by atoms with E-state index in [9.17, 15) is 15.0 Å². The molecule has 0 bridgehead atoms. The second-order valence-corrected chi connectivity index (χ2v) is 9.16. The first-order valence-electron chi connectivity index (χ1n) is 12.0. The van der Waals surface area contributed by atoms with Crippen LogP contribution in [0.2, 0.25) is 0 Å². The highest BCUT2D eigenvalue weighted by Crippen LogP contribution is 2.35. The van der Waals surface area contributed by atoms with E-state index in [-0.39, 0.29) is 18.0 Å². The minimum absolute atomic E-state index is 0.0828. The molecule has 11 nitrogen and oxygen atoms in total. The Kier molecular flexibility index (Phi) is 7.01. The second-order valence-electron chi connectivity index (χ2n) is 9.16. The zero-order valence-electron chi connectivity index (χ0n) is 19.6. The van der Waals surface area contributed by atoms with E-state index in [1.54, 1.807) is 17.8 Å². The van der Waals surface area contributed by atoms with Gasteiger partial charge in [0.25, 0.3) is 0 Å². The summed E-state index contributed by atoms with van der Waals surface area (Å²) in [5.74, 6) is 1.08. The van der Waals surface area contributed by atoms with Crippen molar-refractivity contribution in [1.82, 2.24) is 24.8 Å². The van der Waals surface area contributed by atoms with Gasteiger partial charge < -0.3 is 36.0 Å². The fraction of sp³-hybridized carbons (Fsp3) is 0.727. The molecule has 2 aromatic heterocycles. The van der Waals surface area contributed by atoms with Gasteiger partial charge in [0.15, 0.2) is 17.0 Å². The van der Waals surface area contributed by atoms with E-state index in [1.807, 2.05) is 0 Å². The molecule has 0 aromatic carbocycles. The highest BCUT2D eigenvalue weighted by Gasteiger charge is 2.43. The number of nitrogens with one attached hydrogen (secondary N) is 2. The van der Waals surface area contributed by atoms with E-state index in [2.05, 4.69) is 34.4 Å². The highest BCUT2D eigenvalue weighted by molar-refractivity contribution is 5.84. The molecule has 0 unspecified atom stereocenters. The van der Waals surface area contributed by atoms with Crippen LogP contribution in [0.1, 0.15) is 58.9 Å². The van der Waals surface area contributed by atoms with Crippen molar-refractivity contribution in [2.45, 2.75) is 89.3 Å². The molecular weight excluding hydrogens is 424 g/mol. The number of hydrogen-bond acceptors (Lipinski definition) is 9. The van der Waals surface area contributed by atoms with Crippen LogP contribution in [0, 0.1) is 0 Å². The second kappa shape index (κ2) is 9.78. The maximum atomic E-state index is 11.9. The van der Waals surface area contributed by atoms with Crippen LogP contribution in [0.5, 0.6) is 0 Å². The van der Waals surface area contributed by atoms with Gasteiger partial charge in [-0.1, -0.05) is 20.8 Å². The maximum Gasteiger partial charge on any atom is 0.229 e. The number of nitrogens with two attached hydrogens (primary N) is 1. The molecule has 3 heterocycles. The summed E-state index contributed by atoms with van der Waals surface area (Å²) in [7, 11) is 0. The lowest BCUT2D eigenvalue weighted by molar-refractivity contribution is -0.122. The van der Waals surface area contributed by atoms with Crippen LogP contribution in [0.4, 0.5) is 11.8 Å². The van der Waals surface area contributed by atoms with Crippen LogP contribution in [-0.4, -0.2) is 79.1 Å². The predicted molar refractivity (Wildman–Crippen MR) is 126 cm³/mol. The molecule has 0 radical (unpaired) electrons. The molecule has 1 amide bonds. The molecular formula is C22H36N8O3. The third-order valence-electron chi connectivity index (χ3n) is 6.92. The molecule has 2 aliphatic rings. The van der Waals surface area contributed by atoms with Gasteiger partial charge in [0, 0.05) is 31.6 Å². The lowest BCUT2D eigenvalue weighted by atomic mass is 10.2. The third kappa shape index (κ3) is 4.62. The smallest absolute Gasteiger partial charge is 0.229 e. The summed E-state index contributed by atoms with van der Waals surface area (Å²) in [5.41, 5.74) is 7.33. The van der Waals surface area contributed by atoms with Crippen molar-refractivity contribution in [3.8, 4) is 0 Å². The normalized spacial score (nSPS) is 27.6. The summed E-state index contributed by atoms with van der Waals surface area (Å²) < 4.78 is 1.81. The number of hydrogen-bond donors (Lipinski definition) is 5. The topological polar surface area (TPSA) is 154 Å². The molecule has 1 saturated heterocycles. The number of aliphatic hydroxyl groups is 2. The number of carbonyl (C=O) groups is 1. The highest BCUT2D eigenvalue weighted by atomic mass is 16.3. The Morgan fingerprint density at radius 2 is 2.00 bits per heavy atom. The molecule has 6 N–H and O–H groups in total. The Morgan fingerprint density at radius 1 is 1.24 bits per heavy atom. The molecule has 2 aromatic rings. The van der Waals surface area contributed by atoms with Crippen molar-refractivity contribution in [3.05, 3.63) is 6.33 Å². The Labute approximate surface area is 193 Å². The van der Waals surface area contributed by atoms with Crippen LogP contribution in [-0.2, 0) is 4.79 Å². The Morgan fingerprint density at radius 3 is 2.64 bits per heavy atom. The monoisotopic (exact) mass is 460 g/mol. The standard InChI is InChI=1S/C22H36N8O3/c1-4-13(5-2)25-20-17-21(28-22(27-20)29-8-7-12(23)10-29)30(11-24-17)15-9-14(18(32)19(15)33)26-16(31)6-3/h11-15,18-19,32-33H,4-10,23H2,1-3H3,(H,26,31)(H,25,27,28)/t12-,14+,15-,18-,19+/m1/s1. The van der Waals surface area contributed by atoms with E-state index in [0.717, 1.165) is 25.8 Å². The summed E-state index contributed by atoms with van der Waals surface area (Å²) in [4.78, 5) is 28.1. The van der Waals surface area contributed by atoms with Gasteiger partial charge in [-0.3, -0.25) is 4.79 Å². The van der Waals surface area contributed by atoms with Crippen LogP contribution >= 0.6 is 0 Å². The lowest BCUT2D eigenvalue weighted by Gasteiger charge is -2.21. The number of aromatic nitrogens is 4. The number of anilines is 2. The minimum Gasteiger partial charge on any atom is -0.388 e. The van der Waals surface area contributed by atoms with Gasteiger partial charge in [-0.15, -0.1) is 0 Å². The number of imidazole rings is 1. The van der Waals surface area contributed by atoms with Crippen molar-refractivity contribution in [2.24, 2.45) is 5.73 Å². The van der Waals surface area contributed by atoms with Crippen molar-refractivity contribution in [2.75, 3.05) is 23.3 Å².